The number of amides is 1. The second-order valence-electron chi connectivity index (χ2n) is 5.45. The van der Waals surface area contributed by atoms with E-state index < -0.39 is 0 Å². The van der Waals surface area contributed by atoms with Crippen LogP contribution in [0.2, 0.25) is 0 Å². The summed E-state index contributed by atoms with van der Waals surface area (Å²) in [5.41, 5.74) is -0.00148. The van der Waals surface area contributed by atoms with Crippen LogP contribution < -0.4 is 10.2 Å². The molecule has 2 aromatic rings. The Bertz CT molecular complexity index is 675. The monoisotopic (exact) mass is 276 g/mol. The molecule has 98 valence electrons. The largest absolute Gasteiger partial charge is 0.359 e. The third-order valence-corrected chi connectivity index (χ3v) is 5.18. The second kappa shape index (κ2) is 3.70. The highest BCUT2D eigenvalue weighted by molar-refractivity contribution is 7.22. The van der Waals surface area contributed by atoms with Crippen LogP contribution in [-0.2, 0) is 4.79 Å². The first-order valence-corrected chi connectivity index (χ1v) is 7.20. The van der Waals surface area contributed by atoms with Gasteiger partial charge in [-0.15, -0.1) is 11.3 Å². The molecule has 2 fully saturated rings. The number of benzene rings is 1. The lowest BCUT2D eigenvalue weighted by Gasteiger charge is -2.48. The number of carbonyl (C=O) groups excluding carboxylic acids is 1. The van der Waals surface area contributed by atoms with Crippen LogP contribution in [-0.4, -0.2) is 24.5 Å². The third kappa shape index (κ3) is 1.72. The molecular weight excluding hydrogens is 263 g/mol. The fourth-order valence-electron chi connectivity index (χ4n) is 3.01. The van der Waals surface area contributed by atoms with E-state index in [1.807, 2.05) is 12.1 Å². The summed E-state index contributed by atoms with van der Waals surface area (Å²) < 4.78 is 14.3. The Kier molecular flexibility index (Phi) is 2.18. The molecular formula is C14H13FN2OS. The van der Waals surface area contributed by atoms with Gasteiger partial charge in [0.05, 0.1) is 10.5 Å². The summed E-state index contributed by atoms with van der Waals surface area (Å²) >= 11 is 1.68. The minimum Gasteiger partial charge on any atom is -0.359 e. The van der Waals surface area contributed by atoms with E-state index >= 15 is 0 Å². The maximum atomic E-state index is 13.2. The van der Waals surface area contributed by atoms with E-state index in [-0.39, 0.29) is 17.3 Å². The molecule has 3 nitrogen and oxygen atoms in total. The van der Waals surface area contributed by atoms with E-state index in [1.54, 1.807) is 17.4 Å². The van der Waals surface area contributed by atoms with Crippen molar-refractivity contribution in [3.63, 3.8) is 0 Å². The molecule has 1 N–H and O–H groups in total. The molecule has 1 amide bonds. The van der Waals surface area contributed by atoms with E-state index in [9.17, 15) is 9.18 Å². The van der Waals surface area contributed by atoms with Crippen molar-refractivity contribution in [3.8, 4) is 0 Å². The maximum Gasteiger partial charge on any atom is 0.220 e. The summed E-state index contributed by atoms with van der Waals surface area (Å²) in [6.07, 6.45) is 1.58. The Hall–Kier alpha value is -1.62. The van der Waals surface area contributed by atoms with E-state index in [1.165, 1.54) is 6.07 Å². The Balaban J connectivity index is 1.58. The maximum absolute atomic E-state index is 13.2. The molecule has 0 unspecified atom stereocenters. The number of carbonyl (C=O) groups is 1. The summed E-state index contributed by atoms with van der Waals surface area (Å²) in [5, 5.41) is 5.19. The first kappa shape index (κ1) is 11.2. The SMILES string of the molecule is O=C1CCC2(CN(c3cc4cc(F)ccc4s3)C2)N1. The highest BCUT2D eigenvalue weighted by atomic mass is 32.1. The van der Waals surface area contributed by atoms with Crippen molar-refractivity contribution in [1.82, 2.24) is 5.32 Å². The van der Waals surface area contributed by atoms with Gasteiger partial charge in [0.1, 0.15) is 5.82 Å². The molecule has 0 radical (unpaired) electrons. The van der Waals surface area contributed by atoms with Crippen LogP contribution in [0.4, 0.5) is 9.39 Å². The number of hydrogen-bond acceptors (Lipinski definition) is 3. The lowest BCUT2D eigenvalue weighted by Crippen LogP contribution is -2.67. The Morgan fingerprint density at radius 2 is 2.16 bits per heavy atom. The van der Waals surface area contributed by atoms with E-state index in [4.69, 9.17) is 0 Å². The average molecular weight is 276 g/mol. The van der Waals surface area contributed by atoms with Gasteiger partial charge in [-0.1, -0.05) is 0 Å². The predicted octanol–water partition coefficient (Wildman–Crippen LogP) is 2.51. The zero-order chi connectivity index (χ0) is 13.0. The van der Waals surface area contributed by atoms with Crippen LogP contribution in [0.15, 0.2) is 24.3 Å². The molecule has 0 atom stereocenters. The molecule has 0 aliphatic carbocycles. The second-order valence-corrected chi connectivity index (χ2v) is 6.51. The smallest absolute Gasteiger partial charge is 0.220 e. The van der Waals surface area contributed by atoms with E-state index in [0.717, 1.165) is 34.6 Å². The van der Waals surface area contributed by atoms with Gasteiger partial charge < -0.3 is 10.2 Å². The number of hydrogen-bond donors (Lipinski definition) is 1. The average Bonchev–Trinajstić information content (AvgIpc) is 2.89. The molecule has 2 aliphatic heterocycles. The molecule has 1 aromatic heterocycles. The molecule has 1 aromatic carbocycles. The van der Waals surface area contributed by atoms with Crippen molar-refractivity contribution < 1.29 is 9.18 Å². The number of anilines is 1. The summed E-state index contributed by atoms with van der Waals surface area (Å²) in [7, 11) is 0. The van der Waals surface area contributed by atoms with Crippen molar-refractivity contribution in [2.75, 3.05) is 18.0 Å². The molecule has 0 bridgehead atoms. The van der Waals surface area contributed by atoms with E-state index in [0.29, 0.717) is 6.42 Å². The van der Waals surface area contributed by atoms with Crippen LogP contribution in [0.1, 0.15) is 12.8 Å². The fourth-order valence-corrected chi connectivity index (χ4v) is 4.05. The van der Waals surface area contributed by atoms with Gasteiger partial charge in [0.25, 0.3) is 0 Å². The quantitative estimate of drug-likeness (QED) is 0.868. The fraction of sp³-hybridized carbons (Fsp3) is 0.357. The van der Waals surface area contributed by atoms with Crippen LogP contribution >= 0.6 is 11.3 Å². The highest BCUT2D eigenvalue weighted by Crippen LogP contribution is 2.40. The van der Waals surface area contributed by atoms with Crippen LogP contribution in [0, 0.1) is 5.82 Å². The van der Waals surface area contributed by atoms with Gasteiger partial charge in [-0.25, -0.2) is 4.39 Å². The Morgan fingerprint density at radius 3 is 2.89 bits per heavy atom. The van der Waals surface area contributed by atoms with Gasteiger partial charge >= 0.3 is 0 Å². The molecule has 19 heavy (non-hydrogen) atoms. The molecule has 4 rings (SSSR count). The van der Waals surface area contributed by atoms with E-state index in [2.05, 4.69) is 10.2 Å². The molecule has 0 saturated carbocycles. The van der Waals surface area contributed by atoms with Crippen LogP contribution in [0.3, 0.4) is 0 Å². The molecule has 2 aliphatic rings. The highest BCUT2D eigenvalue weighted by Gasteiger charge is 2.47. The van der Waals surface area contributed by atoms with Crippen LogP contribution in [0.25, 0.3) is 10.1 Å². The van der Waals surface area contributed by atoms with Crippen LogP contribution in [0.5, 0.6) is 0 Å². The van der Waals surface area contributed by atoms with Crippen molar-refractivity contribution in [2.24, 2.45) is 0 Å². The number of nitrogens with zero attached hydrogens (tertiary/aromatic N) is 1. The van der Waals surface area contributed by atoms with Crippen molar-refractivity contribution in [3.05, 3.63) is 30.1 Å². The summed E-state index contributed by atoms with van der Waals surface area (Å²) in [4.78, 5) is 13.6. The summed E-state index contributed by atoms with van der Waals surface area (Å²) in [5.74, 6) is -0.0296. The first-order chi connectivity index (χ1) is 9.13. The number of rotatable bonds is 1. The lowest BCUT2D eigenvalue weighted by atomic mass is 9.88. The molecule has 2 saturated heterocycles. The zero-order valence-corrected chi connectivity index (χ0v) is 11.1. The number of nitrogens with one attached hydrogen (secondary N) is 1. The zero-order valence-electron chi connectivity index (χ0n) is 10.3. The topological polar surface area (TPSA) is 32.3 Å². The number of thiophene rings is 1. The van der Waals surface area contributed by atoms with Crippen molar-refractivity contribution in [2.45, 2.75) is 18.4 Å². The first-order valence-electron chi connectivity index (χ1n) is 6.39. The minimum atomic E-state index is -0.194. The van der Waals surface area contributed by atoms with Gasteiger partial charge in [0.15, 0.2) is 0 Å². The molecule has 1 spiro atoms. The van der Waals surface area contributed by atoms with Gasteiger partial charge in [0, 0.05) is 24.2 Å². The number of fused-ring (bicyclic) bond motifs is 1. The molecule has 3 heterocycles. The normalized spacial score (nSPS) is 20.9. The Labute approximate surface area is 114 Å². The van der Waals surface area contributed by atoms with Gasteiger partial charge in [-0.05, 0) is 36.1 Å². The van der Waals surface area contributed by atoms with Gasteiger partial charge in [0.2, 0.25) is 5.91 Å². The van der Waals surface area contributed by atoms with Gasteiger partial charge in [-0.2, -0.15) is 0 Å². The number of halogens is 1. The standard InChI is InChI=1S/C14H13FN2OS/c15-10-1-2-11-9(5-10)6-13(19-11)17-7-14(8-17)4-3-12(18)16-14/h1-2,5-6H,3-4,7-8H2,(H,16,18). The third-order valence-electron chi connectivity index (χ3n) is 4.00. The van der Waals surface area contributed by atoms with Crippen molar-refractivity contribution in [1.29, 1.82) is 0 Å². The predicted molar refractivity (Wildman–Crippen MR) is 74.1 cm³/mol. The minimum absolute atomic E-state index is 0.00148. The molecule has 5 heteroatoms. The lowest BCUT2D eigenvalue weighted by molar-refractivity contribution is -0.119. The van der Waals surface area contributed by atoms with Crippen molar-refractivity contribution >= 4 is 32.3 Å². The Morgan fingerprint density at radius 1 is 1.32 bits per heavy atom. The summed E-state index contributed by atoms with van der Waals surface area (Å²) in [6.45, 7) is 1.74. The van der Waals surface area contributed by atoms with Gasteiger partial charge in [-0.3, -0.25) is 4.79 Å². The summed E-state index contributed by atoms with van der Waals surface area (Å²) in [6, 6.07) is 6.93.